The number of aromatic nitrogens is 3. The van der Waals surface area contributed by atoms with Crippen LogP contribution >= 0.6 is 0 Å². The summed E-state index contributed by atoms with van der Waals surface area (Å²) in [5.74, 6) is 2.10. The lowest BCUT2D eigenvalue weighted by Gasteiger charge is -2.31. The number of hydrogen-bond acceptors (Lipinski definition) is 5. The molecule has 2 aromatic rings. The van der Waals surface area contributed by atoms with Gasteiger partial charge in [0, 0.05) is 31.9 Å². The first-order chi connectivity index (χ1) is 12.9. The molecule has 1 aliphatic heterocycles. The van der Waals surface area contributed by atoms with Gasteiger partial charge in [-0.1, -0.05) is 0 Å². The van der Waals surface area contributed by atoms with Gasteiger partial charge in [-0.25, -0.2) is 14.8 Å². The zero-order chi connectivity index (χ0) is 19.2. The number of hydrogen-bond donors (Lipinski definition) is 1. The third kappa shape index (κ3) is 3.47. The topological polar surface area (TPSA) is 74.4 Å². The highest BCUT2D eigenvalue weighted by molar-refractivity contribution is 5.87. The van der Waals surface area contributed by atoms with Crippen molar-refractivity contribution in [3.8, 4) is 0 Å². The molecular weight excluding hydrogens is 342 g/mol. The first-order valence-electron chi connectivity index (χ1n) is 9.88. The number of aromatic amines is 1. The Balaban J connectivity index is 1.45. The van der Waals surface area contributed by atoms with Gasteiger partial charge in [0.15, 0.2) is 0 Å². The summed E-state index contributed by atoms with van der Waals surface area (Å²) in [6.07, 6.45) is 5.56. The van der Waals surface area contributed by atoms with E-state index in [1.165, 1.54) is 0 Å². The Hall–Kier alpha value is -2.31. The van der Waals surface area contributed by atoms with E-state index >= 15 is 0 Å². The molecule has 0 bridgehead atoms. The van der Waals surface area contributed by atoms with E-state index < -0.39 is 5.60 Å². The minimum Gasteiger partial charge on any atom is -0.444 e. The van der Waals surface area contributed by atoms with E-state index in [0.717, 1.165) is 49.3 Å². The molecule has 7 heteroatoms. The maximum absolute atomic E-state index is 12.4. The fourth-order valence-corrected chi connectivity index (χ4v) is 4.67. The van der Waals surface area contributed by atoms with Crippen LogP contribution in [0.2, 0.25) is 0 Å². The van der Waals surface area contributed by atoms with Crippen molar-refractivity contribution in [3.63, 3.8) is 0 Å². The van der Waals surface area contributed by atoms with Gasteiger partial charge < -0.3 is 19.5 Å². The highest BCUT2D eigenvalue weighted by atomic mass is 16.6. The van der Waals surface area contributed by atoms with Crippen molar-refractivity contribution in [1.29, 1.82) is 0 Å². The maximum atomic E-state index is 12.4. The van der Waals surface area contributed by atoms with Gasteiger partial charge in [-0.3, -0.25) is 0 Å². The Morgan fingerprint density at radius 1 is 1.30 bits per heavy atom. The molecule has 1 N–H and O–H groups in total. The van der Waals surface area contributed by atoms with E-state index in [2.05, 4.69) is 26.8 Å². The Labute approximate surface area is 160 Å². The average Bonchev–Trinajstić information content (AvgIpc) is 3.28. The van der Waals surface area contributed by atoms with Gasteiger partial charge in [0.2, 0.25) is 0 Å². The molecule has 1 saturated heterocycles. The first-order valence-corrected chi connectivity index (χ1v) is 9.88. The van der Waals surface area contributed by atoms with Crippen LogP contribution < -0.4 is 4.90 Å². The van der Waals surface area contributed by atoms with Crippen LogP contribution in [0.1, 0.15) is 40.5 Å². The molecule has 2 aliphatic rings. The summed E-state index contributed by atoms with van der Waals surface area (Å²) in [5.41, 5.74) is 0.443. The monoisotopic (exact) mass is 371 g/mol. The number of amides is 1. The fourth-order valence-electron chi connectivity index (χ4n) is 4.67. The van der Waals surface area contributed by atoms with Gasteiger partial charge in [0.25, 0.3) is 0 Å². The molecule has 2 aromatic heterocycles. The van der Waals surface area contributed by atoms with E-state index in [0.29, 0.717) is 17.9 Å². The maximum Gasteiger partial charge on any atom is 0.410 e. The second-order valence-corrected chi connectivity index (χ2v) is 8.75. The average molecular weight is 371 g/mol. The molecule has 0 radical (unpaired) electrons. The largest absolute Gasteiger partial charge is 0.444 e. The third-order valence-corrected chi connectivity index (χ3v) is 5.76. The van der Waals surface area contributed by atoms with Crippen LogP contribution in [0.25, 0.3) is 11.0 Å². The van der Waals surface area contributed by atoms with Crippen molar-refractivity contribution in [2.24, 2.45) is 11.8 Å². The molecule has 1 amide bonds. The quantitative estimate of drug-likeness (QED) is 0.895. The van der Waals surface area contributed by atoms with Crippen LogP contribution in [0.5, 0.6) is 0 Å². The Morgan fingerprint density at radius 3 is 2.63 bits per heavy atom. The lowest BCUT2D eigenvalue weighted by atomic mass is 10.0. The number of ether oxygens (including phenoxy) is 1. The molecule has 0 spiro atoms. The van der Waals surface area contributed by atoms with E-state index in [1.54, 1.807) is 6.33 Å². The standard InChI is InChI=1S/C20H29N5O2/c1-5-25(18-16-6-7-21-17(16)22-12-23-18)15-8-13-10-24(11-14(13)9-15)19(26)27-20(2,3)4/h6-7,12-15H,5,8-11H2,1-4H3,(H,21,22,23). The molecule has 1 aliphatic carbocycles. The molecule has 1 saturated carbocycles. The van der Waals surface area contributed by atoms with Gasteiger partial charge in [-0.15, -0.1) is 0 Å². The normalized spacial score (nSPS) is 25.0. The molecule has 2 unspecified atom stereocenters. The molecule has 4 rings (SSSR count). The first kappa shape index (κ1) is 18.1. The lowest BCUT2D eigenvalue weighted by Crippen LogP contribution is -2.38. The number of anilines is 1. The molecule has 3 heterocycles. The summed E-state index contributed by atoms with van der Waals surface area (Å²) in [5, 5.41) is 1.08. The van der Waals surface area contributed by atoms with Crippen LogP contribution in [0.15, 0.2) is 18.6 Å². The highest BCUT2D eigenvalue weighted by Gasteiger charge is 2.45. The zero-order valence-electron chi connectivity index (χ0n) is 16.6. The number of carbonyl (C=O) groups is 1. The minimum atomic E-state index is -0.439. The predicted octanol–water partition coefficient (Wildman–Crippen LogP) is 3.43. The van der Waals surface area contributed by atoms with Gasteiger partial charge >= 0.3 is 6.09 Å². The van der Waals surface area contributed by atoms with Crippen molar-refractivity contribution < 1.29 is 9.53 Å². The van der Waals surface area contributed by atoms with Crippen molar-refractivity contribution >= 4 is 22.9 Å². The van der Waals surface area contributed by atoms with Crippen LogP contribution in [0.4, 0.5) is 10.6 Å². The van der Waals surface area contributed by atoms with Gasteiger partial charge in [0.05, 0.1) is 5.39 Å². The number of likely N-dealkylation sites (tertiary alicyclic amines) is 1. The van der Waals surface area contributed by atoms with Gasteiger partial charge in [0.1, 0.15) is 23.4 Å². The summed E-state index contributed by atoms with van der Waals surface area (Å²) in [6.45, 7) is 10.5. The van der Waals surface area contributed by atoms with Crippen molar-refractivity contribution in [2.45, 2.75) is 52.2 Å². The van der Waals surface area contributed by atoms with Crippen LogP contribution in [-0.2, 0) is 4.74 Å². The van der Waals surface area contributed by atoms with Crippen LogP contribution in [-0.4, -0.2) is 57.2 Å². The summed E-state index contributed by atoms with van der Waals surface area (Å²) < 4.78 is 5.55. The molecule has 0 aromatic carbocycles. The Morgan fingerprint density at radius 2 is 2.00 bits per heavy atom. The molecule has 7 nitrogen and oxygen atoms in total. The van der Waals surface area contributed by atoms with E-state index in [4.69, 9.17) is 4.74 Å². The van der Waals surface area contributed by atoms with Crippen molar-refractivity contribution in [1.82, 2.24) is 19.9 Å². The zero-order valence-corrected chi connectivity index (χ0v) is 16.6. The summed E-state index contributed by atoms with van der Waals surface area (Å²) in [6, 6.07) is 2.51. The summed E-state index contributed by atoms with van der Waals surface area (Å²) in [4.78, 5) is 28.7. The molecular formula is C20H29N5O2. The van der Waals surface area contributed by atoms with Gasteiger partial charge in [-0.05, 0) is 58.4 Å². The highest BCUT2D eigenvalue weighted by Crippen LogP contribution is 2.42. The van der Waals surface area contributed by atoms with Gasteiger partial charge in [-0.2, -0.15) is 0 Å². The molecule has 2 fully saturated rings. The number of rotatable bonds is 3. The van der Waals surface area contributed by atoms with E-state index in [-0.39, 0.29) is 6.09 Å². The van der Waals surface area contributed by atoms with Crippen LogP contribution in [0.3, 0.4) is 0 Å². The second-order valence-electron chi connectivity index (χ2n) is 8.75. The minimum absolute atomic E-state index is 0.175. The van der Waals surface area contributed by atoms with Crippen LogP contribution in [0, 0.1) is 11.8 Å². The second kappa shape index (κ2) is 6.69. The van der Waals surface area contributed by atoms with E-state index in [9.17, 15) is 4.79 Å². The third-order valence-electron chi connectivity index (χ3n) is 5.76. The lowest BCUT2D eigenvalue weighted by molar-refractivity contribution is 0.0279. The van der Waals surface area contributed by atoms with E-state index in [1.807, 2.05) is 37.9 Å². The fraction of sp³-hybridized carbons (Fsp3) is 0.650. The predicted molar refractivity (Wildman–Crippen MR) is 105 cm³/mol. The smallest absolute Gasteiger partial charge is 0.410 e. The number of carbonyl (C=O) groups excluding carboxylic acids is 1. The number of nitrogens with zero attached hydrogens (tertiary/aromatic N) is 4. The number of fused-ring (bicyclic) bond motifs is 2. The number of nitrogens with one attached hydrogen (secondary N) is 1. The molecule has 146 valence electrons. The van der Waals surface area contributed by atoms with Crippen molar-refractivity contribution in [2.75, 3.05) is 24.5 Å². The number of H-pyrrole nitrogens is 1. The SMILES string of the molecule is CCN(c1ncnc2[nH]ccc12)C1CC2CN(C(=O)OC(C)(C)C)CC2C1. The van der Waals surface area contributed by atoms with Crippen molar-refractivity contribution in [3.05, 3.63) is 18.6 Å². The summed E-state index contributed by atoms with van der Waals surface area (Å²) in [7, 11) is 0. The summed E-state index contributed by atoms with van der Waals surface area (Å²) >= 11 is 0. The Bertz CT molecular complexity index is 813. The molecule has 27 heavy (non-hydrogen) atoms. The Kier molecular flexibility index (Phi) is 4.48. The molecule has 2 atom stereocenters.